The van der Waals surface area contributed by atoms with E-state index in [0.717, 1.165) is 34.3 Å². The first-order chi connectivity index (χ1) is 23.4. The molecule has 3 heterocycles. The van der Waals surface area contributed by atoms with Crippen molar-refractivity contribution < 1.29 is 41.7 Å². The number of anilines is 1. The molecular formula is C34H43FN4O8S2. The fourth-order valence-electron chi connectivity index (χ4n) is 7.14. The smallest absolute Gasteiger partial charge is 0.407 e. The van der Waals surface area contributed by atoms with Gasteiger partial charge in [-0.25, -0.2) is 22.6 Å². The largest absolute Gasteiger partial charge is 0.497 e. The molecular weight excluding hydrogens is 676 g/mol. The lowest BCUT2D eigenvalue weighted by Crippen LogP contribution is -2.53. The monoisotopic (exact) mass is 718 g/mol. The molecule has 15 heteroatoms. The Bertz CT molecular complexity index is 1760. The number of alkyl halides is 1. The lowest BCUT2D eigenvalue weighted by molar-refractivity contribution is -0.169. The van der Waals surface area contributed by atoms with E-state index in [1.165, 1.54) is 37.3 Å². The molecule has 266 valence electrons. The Morgan fingerprint density at radius 2 is 1.92 bits per heavy atom. The minimum absolute atomic E-state index is 0.0251. The first-order valence-corrected chi connectivity index (χ1v) is 19.0. The van der Waals surface area contributed by atoms with Crippen LogP contribution in [0.2, 0.25) is 0 Å². The molecule has 3 N–H and O–H groups in total. The molecule has 1 amide bonds. The van der Waals surface area contributed by atoms with Crippen LogP contribution in [0.1, 0.15) is 38.7 Å². The van der Waals surface area contributed by atoms with Gasteiger partial charge in [-0.1, -0.05) is 23.5 Å². The Labute approximate surface area is 289 Å². The molecule has 2 saturated carbocycles. The fourth-order valence-corrected chi connectivity index (χ4v) is 9.83. The molecule has 0 spiro atoms. The summed E-state index contributed by atoms with van der Waals surface area (Å²) in [6.45, 7) is 2.45. The number of aromatic nitrogens is 1. The summed E-state index contributed by atoms with van der Waals surface area (Å²) in [5, 5.41) is 18.6. The van der Waals surface area contributed by atoms with Gasteiger partial charge in [-0.05, 0) is 75.4 Å². The number of hydrogen-bond acceptors (Lipinski definition) is 11. The second-order valence-electron chi connectivity index (χ2n) is 14.2. The SMILES string of the molecule is COc1ccc(C[C@H](NC(=O)OC2C3COC4OCC2C4C3)[C@H](O)CN(CC(C)(C)F)S(=O)(=O)c2ccc3nc(NC4CC4)sc3c2)cc1. The van der Waals surface area contributed by atoms with Gasteiger partial charge in [-0.3, -0.25) is 0 Å². The van der Waals surface area contributed by atoms with E-state index in [4.69, 9.17) is 18.9 Å². The number of nitrogens with one attached hydrogen (secondary N) is 2. The number of thiazole rings is 1. The van der Waals surface area contributed by atoms with Gasteiger partial charge >= 0.3 is 6.09 Å². The molecule has 2 aromatic carbocycles. The minimum Gasteiger partial charge on any atom is -0.497 e. The van der Waals surface area contributed by atoms with Gasteiger partial charge in [0.25, 0.3) is 0 Å². The average molecular weight is 719 g/mol. The summed E-state index contributed by atoms with van der Waals surface area (Å²) in [6.07, 6.45) is 0.307. The molecule has 7 rings (SSSR count). The number of aliphatic hydroxyl groups is 1. The molecule has 12 nitrogen and oxygen atoms in total. The zero-order valence-corrected chi connectivity index (χ0v) is 29.3. The van der Waals surface area contributed by atoms with E-state index < -0.39 is 53.1 Å². The molecule has 2 aliphatic heterocycles. The molecule has 5 unspecified atom stereocenters. The summed E-state index contributed by atoms with van der Waals surface area (Å²) in [7, 11) is -2.74. The maximum Gasteiger partial charge on any atom is 0.407 e. The van der Waals surface area contributed by atoms with Crippen LogP contribution in [-0.4, -0.2) is 98.6 Å². The molecule has 49 heavy (non-hydrogen) atoms. The minimum atomic E-state index is -4.30. The number of amides is 1. The van der Waals surface area contributed by atoms with E-state index in [2.05, 4.69) is 15.6 Å². The van der Waals surface area contributed by atoms with Crippen LogP contribution in [0.5, 0.6) is 5.75 Å². The van der Waals surface area contributed by atoms with Crippen LogP contribution in [0.4, 0.5) is 14.3 Å². The van der Waals surface area contributed by atoms with Gasteiger partial charge in [0.2, 0.25) is 10.0 Å². The number of rotatable bonds is 14. The Hall–Kier alpha value is -3.08. The number of methoxy groups -OCH3 is 1. The van der Waals surface area contributed by atoms with Crippen molar-refractivity contribution >= 4 is 42.8 Å². The Kier molecular flexibility index (Phi) is 9.52. The number of hydrogen-bond donors (Lipinski definition) is 3. The van der Waals surface area contributed by atoms with Crippen molar-refractivity contribution in [3.8, 4) is 5.75 Å². The normalized spacial score (nSPS) is 26.1. The molecule has 4 fully saturated rings. The number of nitrogens with zero attached hydrogens (tertiary/aromatic N) is 2. The number of benzene rings is 2. The molecule has 7 atom stereocenters. The van der Waals surface area contributed by atoms with Crippen LogP contribution in [0, 0.1) is 17.8 Å². The number of halogens is 1. The second-order valence-corrected chi connectivity index (χ2v) is 17.2. The van der Waals surface area contributed by atoms with Crippen LogP contribution in [0.3, 0.4) is 0 Å². The molecule has 2 aliphatic carbocycles. The standard InChI is InChI=1S/C34H43FN4O8S2/c1-34(2,35)18-39(49(42,43)23-10-11-26-29(14-23)48-32(37-26)36-21-6-7-21)15-28(40)27(12-19-4-8-22(44-3)9-5-19)38-33(41)47-30-20-13-24-25(30)17-46-31(24)45-16-20/h4-5,8-11,14,20-21,24-25,27-28,30-31,40H,6-7,12-13,15-18H2,1-3H3,(H,36,37)(H,38,41)/t20?,24?,25?,27-,28+,30?,31?/m0/s1. The van der Waals surface area contributed by atoms with Crippen LogP contribution < -0.4 is 15.4 Å². The summed E-state index contributed by atoms with van der Waals surface area (Å²) < 4.78 is 67.9. The van der Waals surface area contributed by atoms with Crippen LogP contribution in [0.25, 0.3) is 10.2 Å². The van der Waals surface area contributed by atoms with Crippen molar-refractivity contribution in [2.75, 3.05) is 38.7 Å². The van der Waals surface area contributed by atoms with Crippen molar-refractivity contribution in [1.29, 1.82) is 0 Å². The third kappa shape index (κ3) is 7.66. The maximum atomic E-state index is 15.2. The predicted molar refractivity (Wildman–Crippen MR) is 181 cm³/mol. The molecule has 1 aromatic heterocycles. The number of carbonyl (C=O) groups is 1. The third-order valence-electron chi connectivity index (χ3n) is 9.76. The fraction of sp³-hybridized carbons (Fsp3) is 0.588. The highest BCUT2D eigenvalue weighted by Gasteiger charge is 2.56. The van der Waals surface area contributed by atoms with Gasteiger partial charge in [0.1, 0.15) is 17.5 Å². The van der Waals surface area contributed by atoms with Gasteiger partial charge in [0, 0.05) is 36.9 Å². The summed E-state index contributed by atoms with van der Waals surface area (Å²) >= 11 is 1.36. The number of aliphatic hydroxyl groups excluding tert-OH is 1. The quantitative estimate of drug-likeness (QED) is 0.220. The zero-order valence-electron chi connectivity index (χ0n) is 27.7. The van der Waals surface area contributed by atoms with Gasteiger partial charge in [-0.15, -0.1) is 0 Å². The summed E-state index contributed by atoms with van der Waals surface area (Å²) in [5.41, 5.74) is -0.512. The number of fused-ring (bicyclic) bond motifs is 2. The summed E-state index contributed by atoms with van der Waals surface area (Å²) in [6, 6.07) is 11.2. The molecule has 4 aliphatic rings. The van der Waals surface area contributed by atoms with E-state index in [9.17, 15) is 18.3 Å². The van der Waals surface area contributed by atoms with E-state index in [0.29, 0.717) is 35.2 Å². The zero-order chi connectivity index (χ0) is 34.5. The average Bonchev–Trinajstić information content (AvgIpc) is 3.51. The molecule has 2 bridgehead atoms. The number of ether oxygens (including phenoxy) is 4. The lowest BCUT2D eigenvalue weighted by atomic mass is 9.98. The predicted octanol–water partition coefficient (Wildman–Crippen LogP) is 4.32. The maximum absolute atomic E-state index is 15.2. The number of alkyl carbamates (subject to hydrolysis) is 1. The first-order valence-electron chi connectivity index (χ1n) is 16.7. The van der Waals surface area contributed by atoms with E-state index in [1.807, 2.05) is 0 Å². The molecule has 0 radical (unpaired) electrons. The topological polar surface area (TPSA) is 149 Å². The van der Waals surface area contributed by atoms with Crippen molar-refractivity contribution in [3.63, 3.8) is 0 Å². The van der Waals surface area contributed by atoms with Crippen LogP contribution in [-0.2, 0) is 30.7 Å². The van der Waals surface area contributed by atoms with Gasteiger partial charge in [0.15, 0.2) is 11.4 Å². The lowest BCUT2D eigenvalue weighted by Gasteiger charge is -2.32. The van der Waals surface area contributed by atoms with E-state index in [1.54, 1.807) is 37.4 Å². The first kappa shape index (κ1) is 34.4. The van der Waals surface area contributed by atoms with E-state index >= 15 is 4.39 Å². The number of carbonyl (C=O) groups excluding carboxylic acids is 1. The van der Waals surface area contributed by atoms with Crippen LogP contribution >= 0.6 is 11.3 Å². The third-order valence-corrected chi connectivity index (χ3v) is 12.5. The molecule has 2 saturated heterocycles. The van der Waals surface area contributed by atoms with Crippen molar-refractivity contribution in [2.45, 2.75) is 80.7 Å². The highest BCUT2D eigenvalue weighted by molar-refractivity contribution is 7.89. The molecule has 3 aromatic rings. The van der Waals surface area contributed by atoms with E-state index in [-0.39, 0.29) is 35.4 Å². The van der Waals surface area contributed by atoms with Crippen molar-refractivity contribution in [3.05, 3.63) is 48.0 Å². The van der Waals surface area contributed by atoms with Crippen molar-refractivity contribution in [2.24, 2.45) is 17.8 Å². The van der Waals surface area contributed by atoms with Gasteiger partial charge in [-0.2, -0.15) is 4.31 Å². The summed E-state index contributed by atoms with van der Waals surface area (Å²) in [4.78, 5) is 18.0. The second kappa shape index (κ2) is 13.6. The van der Waals surface area contributed by atoms with Gasteiger partial charge < -0.3 is 34.7 Å². The Morgan fingerprint density at radius 1 is 1.16 bits per heavy atom. The highest BCUT2D eigenvalue weighted by Crippen LogP contribution is 2.49. The summed E-state index contributed by atoms with van der Waals surface area (Å²) in [5.74, 6) is 0.882. The van der Waals surface area contributed by atoms with Crippen molar-refractivity contribution in [1.82, 2.24) is 14.6 Å². The number of sulfonamides is 1. The van der Waals surface area contributed by atoms with Crippen LogP contribution in [0.15, 0.2) is 47.4 Å². The Morgan fingerprint density at radius 3 is 2.63 bits per heavy atom. The van der Waals surface area contributed by atoms with Gasteiger partial charge in [0.05, 0.1) is 47.6 Å². The highest BCUT2D eigenvalue weighted by atomic mass is 32.2. The Balaban J connectivity index is 1.12.